The van der Waals surface area contributed by atoms with Crippen LogP contribution in [0.25, 0.3) is 0 Å². The highest BCUT2D eigenvalue weighted by Crippen LogP contribution is 2.34. The van der Waals surface area contributed by atoms with Gasteiger partial charge in [-0.2, -0.15) is 4.98 Å². The Balaban J connectivity index is 2.46. The molecule has 0 atom stereocenters. The molecule has 0 aliphatic rings. The Hall–Kier alpha value is -2.35. The van der Waals surface area contributed by atoms with Gasteiger partial charge in [-0.15, -0.1) is 0 Å². The number of hydrogen-bond donors (Lipinski definition) is 0. The van der Waals surface area contributed by atoms with Crippen LogP contribution < -0.4 is 4.74 Å². The highest BCUT2D eigenvalue weighted by Gasteiger charge is 2.24. The summed E-state index contributed by atoms with van der Waals surface area (Å²) in [6.07, 6.45) is 0.905. The highest BCUT2D eigenvalue weighted by molar-refractivity contribution is 6.31. The van der Waals surface area contributed by atoms with E-state index in [4.69, 9.17) is 16.3 Å². The van der Waals surface area contributed by atoms with Crippen molar-refractivity contribution in [2.24, 2.45) is 0 Å². The van der Waals surface area contributed by atoms with E-state index in [1.807, 2.05) is 0 Å². The van der Waals surface area contributed by atoms with Gasteiger partial charge >= 0.3 is 11.6 Å². The third-order valence-corrected chi connectivity index (χ3v) is 2.30. The molecule has 0 unspecified atom stereocenters. The van der Waals surface area contributed by atoms with Gasteiger partial charge in [0, 0.05) is 6.07 Å². The van der Waals surface area contributed by atoms with Gasteiger partial charge < -0.3 is 4.74 Å². The molecule has 0 fully saturated rings. The van der Waals surface area contributed by atoms with Gasteiger partial charge in [0.2, 0.25) is 5.15 Å². The summed E-state index contributed by atoms with van der Waals surface area (Å²) in [4.78, 5) is 16.8. The summed E-state index contributed by atoms with van der Waals surface area (Å²) >= 11 is 5.52. The maximum absolute atomic E-state index is 13.4. The lowest BCUT2D eigenvalue weighted by Gasteiger charge is -2.06. The minimum Gasteiger partial charge on any atom is -0.430 e. The fourth-order valence-corrected chi connectivity index (χ4v) is 1.42. The second-order valence-electron chi connectivity index (χ2n) is 3.25. The number of ether oxygens (including phenoxy) is 1. The molecule has 0 N–H and O–H groups in total. The molecule has 9 heteroatoms. The van der Waals surface area contributed by atoms with Crippen molar-refractivity contribution in [1.29, 1.82) is 0 Å². The first-order valence-electron chi connectivity index (χ1n) is 4.77. The van der Waals surface area contributed by atoms with E-state index in [1.165, 1.54) is 0 Å². The van der Waals surface area contributed by atoms with E-state index in [9.17, 15) is 18.9 Å². The second-order valence-corrected chi connectivity index (χ2v) is 3.61. The largest absolute Gasteiger partial charge is 0.430 e. The number of hydrogen-bond acceptors (Lipinski definition) is 5. The van der Waals surface area contributed by atoms with Crippen molar-refractivity contribution in [2.75, 3.05) is 0 Å². The predicted octanol–water partition coefficient (Wildman–Crippen LogP) is 3.11. The van der Waals surface area contributed by atoms with E-state index in [0.717, 1.165) is 24.5 Å². The molecule has 0 radical (unpaired) electrons. The molecule has 0 saturated carbocycles. The van der Waals surface area contributed by atoms with E-state index in [1.54, 1.807) is 0 Å². The molecule has 0 spiro atoms. The van der Waals surface area contributed by atoms with Crippen molar-refractivity contribution < 1.29 is 18.4 Å². The summed E-state index contributed by atoms with van der Waals surface area (Å²) in [7, 11) is 0. The highest BCUT2D eigenvalue weighted by atomic mass is 35.5. The molecular weight excluding hydrogens is 284 g/mol. The Morgan fingerprint density at radius 3 is 2.74 bits per heavy atom. The number of nitro groups is 1. The average molecular weight is 288 g/mol. The van der Waals surface area contributed by atoms with E-state index in [-0.39, 0.29) is 0 Å². The smallest absolute Gasteiger partial charge is 0.368 e. The third kappa shape index (κ3) is 2.74. The molecule has 1 heterocycles. The molecule has 1 aromatic carbocycles. The molecule has 0 aliphatic heterocycles. The van der Waals surface area contributed by atoms with Crippen LogP contribution in [0.2, 0.25) is 5.15 Å². The summed E-state index contributed by atoms with van der Waals surface area (Å²) in [6.45, 7) is 0. The van der Waals surface area contributed by atoms with E-state index < -0.39 is 39.0 Å². The lowest BCUT2D eigenvalue weighted by atomic mass is 10.3. The van der Waals surface area contributed by atoms with Crippen LogP contribution in [0.5, 0.6) is 11.6 Å². The van der Waals surface area contributed by atoms with Gasteiger partial charge in [-0.25, -0.2) is 13.8 Å². The van der Waals surface area contributed by atoms with Crippen molar-refractivity contribution >= 4 is 17.3 Å². The minimum atomic E-state index is -0.898. The summed E-state index contributed by atoms with van der Waals surface area (Å²) in [5.41, 5.74) is -0.729. The molecule has 19 heavy (non-hydrogen) atoms. The van der Waals surface area contributed by atoms with Gasteiger partial charge in [0.15, 0.2) is 11.6 Å². The maximum Gasteiger partial charge on any atom is 0.368 e. The van der Waals surface area contributed by atoms with Crippen LogP contribution in [0.3, 0.4) is 0 Å². The van der Waals surface area contributed by atoms with Crippen LogP contribution in [0.4, 0.5) is 14.5 Å². The molecular formula is C10H4ClF2N3O3. The van der Waals surface area contributed by atoms with E-state index in [0.29, 0.717) is 0 Å². The zero-order chi connectivity index (χ0) is 14.0. The topological polar surface area (TPSA) is 78.2 Å². The lowest BCUT2D eigenvalue weighted by molar-refractivity contribution is -0.386. The van der Waals surface area contributed by atoms with Gasteiger partial charge in [0.1, 0.15) is 12.1 Å². The molecule has 2 aromatic rings. The Bertz CT molecular complexity index is 654. The van der Waals surface area contributed by atoms with Gasteiger partial charge in [0.25, 0.3) is 0 Å². The van der Waals surface area contributed by atoms with Crippen LogP contribution in [-0.2, 0) is 0 Å². The van der Waals surface area contributed by atoms with Crippen molar-refractivity contribution in [3.8, 4) is 11.6 Å². The van der Waals surface area contributed by atoms with Gasteiger partial charge in [-0.05, 0) is 12.1 Å². The molecule has 0 aliphatic carbocycles. The lowest BCUT2D eigenvalue weighted by Crippen LogP contribution is -1.99. The Morgan fingerprint density at radius 1 is 1.32 bits per heavy atom. The molecule has 0 saturated heterocycles. The van der Waals surface area contributed by atoms with Crippen molar-refractivity contribution in [2.45, 2.75) is 0 Å². The SMILES string of the molecule is O=[N+]([O-])c1c(Cl)ncnc1Oc1cc(F)ccc1F. The average Bonchev–Trinajstić information content (AvgIpc) is 2.33. The fraction of sp³-hybridized carbons (Fsp3) is 0. The summed E-state index contributed by atoms with van der Waals surface area (Å²) in [6, 6.07) is 2.43. The number of benzene rings is 1. The van der Waals surface area contributed by atoms with Crippen LogP contribution in [0.15, 0.2) is 24.5 Å². The minimum absolute atomic E-state index is 0.466. The zero-order valence-corrected chi connectivity index (χ0v) is 9.77. The number of aromatic nitrogens is 2. The number of nitrogens with zero attached hydrogens (tertiary/aromatic N) is 3. The molecule has 1 aromatic heterocycles. The van der Waals surface area contributed by atoms with Crippen LogP contribution in [0.1, 0.15) is 0 Å². The summed E-state index contributed by atoms with van der Waals surface area (Å²) in [5, 5.41) is 10.3. The van der Waals surface area contributed by atoms with Gasteiger partial charge in [-0.1, -0.05) is 11.6 Å². The Morgan fingerprint density at radius 2 is 2.05 bits per heavy atom. The van der Waals surface area contributed by atoms with Gasteiger partial charge in [-0.3, -0.25) is 10.1 Å². The standard InChI is InChI=1S/C10H4ClF2N3O3/c11-9-8(16(17)18)10(15-4-14-9)19-7-3-5(12)1-2-6(7)13/h1-4H. The molecule has 2 rings (SSSR count). The molecule has 0 bridgehead atoms. The van der Waals surface area contributed by atoms with Crippen molar-refractivity contribution in [3.05, 3.63) is 51.4 Å². The number of halogens is 3. The predicted molar refractivity (Wildman–Crippen MR) is 60.1 cm³/mol. The second kappa shape index (κ2) is 5.11. The third-order valence-electron chi connectivity index (χ3n) is 2.03. The zero-order valence-electron chi connectivity index (χ0n) is 9.01. The van der Waals surface area contributed by atoms with Crippen molar-refractivity contribution in [3.63, 3.8) is 0 Å². The Kier molecular flexibility index (Phi) is 3.52. The maximum atomic E-state index is 13.4. The van der Waals surface area contributed by atoms with E-state index in [2.05, 4.69) is 9.97 Å². The van der Waals surface area contributed by atoms with Gasteiger partial charge in [0.05, 0.1) is 4.92 Å². The first kappa shape index (κ1) is 13.1. The monoisotopic (exact) mass is 287 g/mol. The molecule has 0 amide bonds. The van der Waals surface area contributed by atoms with Crippen LogP contribution in [0, 0.1) is 21.7 Å². The molecule has 98 valence electrons. The first-order chi connectivity index (χ1) is 8.99. The fourth-order valence-electron chi connectivity index (χ4n) is 1.23. The summed E-state index contributed by atoms with van der Waals surface area (Å²) in [5.74, 6) is -2.78. The normalized spacial score (nSPS) is 10.3. The van der Waals surface area contributed by atoms with Crippen LogP contribution >= 0.6 is 11.6 Å². The quantitative estimate of drug-likeness (QED) is 0.492. The Labute approximate surface area is 109 Å². The van der Waals surface area contributed by atoms with Crippen LogP contribution in [-0.4, -0.2) is 14.9 Å². The number of rotatable bonds is 3. The van der Waals surface area contributed by atoms with E-state index >= 15 is 0 Å². The molecule has 6 nitrogen and oxygen atoms in total. The first-order valence-corrected chi connectivity index (χ1v) is 5.14. The summed E-state index contributed by atoms with van der Waals surface area (Å²) < 4.78 is 31.2. The van der Waals surface area contributed by atoms with Crippen molar-refractivity contribution in [1.82, 2.24) is 9.97 Å².